The summed E-state index contributed by atoms with van der Waals surface area (Å²) in [5, 5.41) is 0. The Balaban J connectivity index is 1.48. The first-order chi connectivity index (χ1) is 14.6. The molecule has 1 fully saturated rings. The van der Waals surface area contributed by atoms with E-state index in [1.807, 2.05) is 0 Å². The van der Waals surface area contributed by atoms with Gasteiger partial charge in [0.1, 0.15) is 0 Å². The van der Waals surface area contributed by atoms with E-state index in [-0.39, 0.29) is 68.5 Å². The molecule has 0 radical (unpaired) electrons. The second kappa shape index (κ2) is 7.99. The smallest absolute Gasteiger partial charge is 0.251 e. The summed E-state index contributed by atoms with van der Waals surface area (Å²) < 4.78 is 84.1. The molecule has 3 heterocycles. The highest BCUT2D eigenvalue weighted by Crippen LogP contribution is 2.36. The Kier molecular flexibility index (Phi) is 5.65. The van der Waals surface area contributed by atoms with Crippen molar-refractivity contribution in [2.75, 3.05) is 13.1 Å². The Hall–Kier alpha value is -2.30. The number of rotatable bonds is 4. The van der Waals surface area contributed by atoms with E-state index in [1.165, 1.54) is 4.90 Å². The van der Waals surface area contributed by atoms with E-state index >= 15 is 0 Å². The number of benzene rings is 1. The number of nitrogens with zero attached hydrogens (tertiary/aromatic N) is 2. The summed E-state index contributed by atoms with van der Waals surface area (Å²) >= 11 is 5.24. The lowest BCUT2D eigenvalue weighted by molar-refractivity contribution is -0.137. The van der Waals surface area contributed by atoms with Crippen LogP contribution in [0, 0.1) is 28.0 Å². The molecule has 1 saturated heterocycles. The van der Waals surface area contributed by atoms with Crippen LogP contribution in [0.25, 0.3) is 0 Å². The van der Waals surface area contributed by atoms with Crippen LogP contribution >= 0.6 is 12.2 Å². The van der Waals surface area contributed by atoms with Crippen LogP contribution in [0.2, 0.25) is 0 Å². The van der Waals surface area contributed by atoms with Crippen LogP contribution in [0.4, 0.5) is 26.3 Å². The molecule has 0 saturated carbocycles. The van der Waals surface area contributed by atoms with Gasteiger partial charge in [-0.15, -0.1) is 0 Å². The van der Waals surface area contributed by atoms with Gasteiger partial charge in [-0.2, -0.15) is 0 Å². The first-order valence-electron chi connectivity index (χ1n) is 9.86. The zero-order valence-electron chi connectivity index (χ0n) is 16.3. The fourth-order valence-corrected chi connectivity index (χ4v) is 4.63. The lowest BCUT2D eigenvalue weighted by Gasteiger charge is -2.31. The fraction of sp³-hybridized carbons (Fsp3) is 0.500. The monoisotopic (exact) mass is 463 g/mol. The minimum atomic E-state index is -2.75. The summed E-state index contributed by atoms with van der Waals surface area (Å²) in [5.74, 6) is -9.65. The van der Waals surface area contributed by atoms with Crippen LogP contribution in [0.5, 0.6) is 0 Å². The number of aromatic nitrogens is 2. The molecule has 4 rings (SSSR count). The maximum absolute atomic E-state index is 14.2. The third-order valence-corrected chi connectivity index (χ3v) is 6.33. The standard InChI is InChI=1S/C20H19F6N3OS/c21-11-8-12(22)18(24)16(17(11)23)10-7-14-13(27-19(31)29(14)9-10)1-2-15(30)28-5-3-20(25,26)4-6-28/h8,10H,1-7,9H2,(H,27,31)/t10-/m0/s1. The summed E-state index contributed by atoms with van der Waals surface area (Å²) in [6.07, 6.45) is -0.371. The number of nitrogens with one attached hydrogen (secondary N) is 1. The number of aromatic amines is 1. The van der Waals surface area contributed by atoms with Crippen molar-refractivity contribution < 1.29 is 31.1 Å². The number of amides is 1. The third kappa shape index (κ3) is 4.11. The molecule has 0 spiro atoms. The summed E-state index contributed by atoms with van der Waals surface area (Å²) in [5.41, 5.74) is 0.532. The van der Waals surface area contributed by atoms with Crippen molar-refractivity contribution in [2.45, 2.75) is 50.5 Å². The first-order valence-corrected chi connectivity index (χ1v) is 10.3. The predicted octanol–water partition coefficient (Wildman–Crippen LogP) is 4.63. The highest BCUT2D eigenvalue weighted by Gasteiger charge is 2.36. The second-order valence-corrected chi connectivity index (χ2v) is 8.37. The van der Waals surface area contributed by atoms with Crippen molar-refractivity contribution in [3.63, 3.8) is 0 Å². The number of halogens is 6. The van der Waals surface area contributed by atoms with Gasteiger partial charge in [0.05, 0.1) is 0 Å². The van der Waals surface area contributed by atoms with Crippen molar-refractivity contribution in [3.05, 3.63) is 51.1 Å². The average molecular weight is 463 g/mol. The minimum Gasteiger partial charge on any atom is -0.342 e. The third-order valence-electron chi connectivity index (χ3n) is 6.01. The number of carbonyl (C=O) groups is 1. The molecule has 2 aromatic rings. The van der Waals surface area contributed by atoms with Gasteiger partial charge in [-0.25, -0.2) is 26.3 Å². The molecule has 4 nitrogen and oxygen atoms in total. The van der Waals surface area contributed by atoms with Gasteiger partial charge in [0.15, 0.2) is 28.0 Å². The molecular formula is C20H19F6N3OS. The molecule has 0 aliphatic carbocycles. The molecule has 2 aliphatic heterocycles. The van der Waals surface area contributed by atoms with Crippen molar-refractivity contribution in [1.82, 2.24) is 14.5 Å². The topological polar surface area (TPSA) is 41.0 Å². The largest absolute Gasteiger partial charge is 0.342 e. The molecule has 0 unspecified atom stereocenters. The number of piperidine rings is 1. The van der Waals surface area contributed by atoms with Crippen molar-refractivity contribution in [1.29, 1.82) is 0 Å². The van der Waals surface area contributed by atoms with E-state index in [0.29, 0.717) is 11.4 Å². The van der Waals surface area contributed by atoms with E-state index in [0.717, 1.165) is 0 Å². The number of H-pyrrole nitrogens is 1. The SMILES string of the molecule is O=C(CCc1[nH]c(=S)n2c1C[C@H](c1c(F)c(F)cc(F)c1F)C2)N1CCC(F)(F)CC1. The number of hydrogen-bond acceptors (Lipinski definition) is 2. The molecule has 1 aromatic carbocycles. The molecule has 1 atom stereocenters. The summed E-state index contributed by atoms with van der Waals surface area (Å²) in [4.78, 5) is 16.7. The second-order valence-electron chi connectivity index (χ2n) is 7.99. The minimum absolute atomic E-state index is 0.0124. The van der Waals surface area contributed by atoms with E-state index in [4.69, 9.17) is 12.2 Å². The Bertz CT molecular complexity index is 1060. The number of imidazole rings is 1. The molecular weight excluding hydrogens is 444 g/mol. The molecule has 1 amide bonds. The van der Waals surface area contributed by atoms with Gasteiger partial charge in [-0.1, -0.05) is 0 Å². The van der Waals surface area contributed by atoms with Gasteiger partial charge in [-0.3, -0.25) is 4.79 Å². The average Bonchev–Trinajstić information content (AvgIpc) is 3.25. The zero-order chi connectivity index (χ0) is 22.5. The van der Waals surface area contributed by atoms with Crippen LogP contribution < -0.4 is 0 Å². The molecule has 0 bridgehead atoms. The summed E-state index contributed by atoms with van der Waals surface area (Å²) in [7, 11) is 0. The van der Waals surface area contributed by atoms with E-state index in [1.54, 1.807) is 4.57 Å². The number of aryl methyl sites for hydroxylation is 1. The highest BCUT2D eigenvalue weighted by atomic mass is 32.1. The van der Waals surface area contributed by atoms with E-state index in [9.17, 15) is 31.1 Å². The van der Waals surface area contributed by atoms with Gasteiger partial charge in [0, 0.05) is 67.8 Å². The van der Waals surface area contributed by atoms with Crippen molar-refractivity contribution in [3.8, 4) is 0 Å². The number of fused-ring (bicyclic) bond motifs is 1. The number of carbonyl (C=O) groups excluding carboxylic acids is 1. The molecule has 2 aliphatic rings. The highest BCUT2D eigenvalue weighted by molar-refractivity contribution is 7.71. The van der Waals surface area contributed by atoms with Gasteiger partial charge in [0.25, 0.3) is 5.92 Å². The maximum atomic E-state index is 14.2. The van der Waals surface area contributed by atoms with Crippen LogP contribution in [0.15, 0.2) is 6.07 Å². The Morgan fingerprint density at radius 1 is 1.13 bits per heavy atom. The van der Waals surface area contributed by atoms with E-state index < -0.39 is 40.7 Å². The fourth-order valence-electron chi connectivity index (χ4n) is 4.32. The normalized spacial score (nSPS) is 20.2. The number of hydrogen-bond donors (Lipinski definition) is 1. The Labute approximate surface area is 178 Å². The van der Waals surface area contributed by atoms with Crippen LogP contribution in [-0.4, -0.2) is 39.4 Å². The molecule has 1 N–H and O–H groups in total. The van der Waals surface area contributed by atoms with Crippen LogP contribution in [0.1, 0.15) is 42.1 Å². The molecule has 1 aromatic heterocycles. The van der Waals surface area contributed by atoms with Crippen molar-refractivity contribution >= 4 is 18.1 Å². The van der Waals surface area contributed by atoms with E-state index in [2.05, 4.69) is 4.98 Å². The van der Waals surface area contributed by atoms with Gasteiger partial charge in [-0.05, 0) is 25.1 Å². The number of alkyl halides is 2. The first kappa shape index (κ1) is 21.9. The zero-order valence-corrected chi connectivity index (χ0v) is 17.1. The van der Waals surface area contributed by atoms with Gasteiger partial charge >= 0.3 is 0 Å². The lowest BCUT2D eigenvalue weighted by Crippen LogP contribution is -2.42. The summed E-state index contributed by atoms with van der Waals surface area (Å²) in [6.45, 7) is 0.0134. The predicted molar refractivity (Wildman–Crippen MR) is 101 cm³/mol. The molecule has 31 heavy (non-hydrogen) atoms. The summed E-state index contributed by atoms with van der Waals surface area (Å²) in [6, 6.07) is 0.170. The number of likely N-dealkylation sites (tertiary alicyclic amines) is 1. The lowest BCUT2D eigenvalue weighted by atomic mass is 9.94. The van der Waals surface area contributed by atoms with Gasteiger partial charge < -0.3 is 14.5 Å². The maximum Gasteiger partial charge on any atom is 0.251 e. The Morgan fingerprint density at radius 2 is 1.74 bits per heavy atom. The van der Waals surface area contributed by atoms with Crippen molar-refractivity contribution in [2.24, 2.45) is 0 Å². The quantitative estimate of drug-likeness (QED) is 0.408. The van der Waals surface area contributed by atoms with Gasteiger partial charge in [0.2, 0.25) is 5.91 Å². The molecule has 168 valence electrons. The molecule has 11 heteroatoms. The van der Waals surface area contributed by atoms with Crippen LogP contribution in [-0.2, 0) is 24.2 Å². The van der Waals surface area contributed by atoms with Crippen LogP contribution in [0.3, 0.4) is 0 Å². The Morgan fingerprint density at radius 3 is 2.35 bits per heavy atom.